The van der Waals surface area contributed by atoms with Crippen molar-refractivity contribution < 1.29 is 19.4 Å². The Hall–Kier alpha value is -2.67. The van der Waals surface area contributed by atoms with Crippen LogP contribution in [-0.2, 0) is 9.59 Å². The van der Waals surface area contributed by atoms with Gasteiger partial charge in [0.1, 0.15) is 5.57 Å². The molecule has 2 amide bonds. The minimum atomic E-state index is -0.575. The van der Waals surface area contributed by atoms with Crippen LogP contribution in [0.1, 0.15) is 12.5 Å². The Bertz CT molecular complexity index is 712. The molecule has 0 radical (unpaired) electrons. The number of carbonyl (C=O) groups excluding carboxylic acids is 2. The van der Waals surface area contributed by atoms with Crippen LogP contribution in [0.15, 0.2) is 36.4 Å². The standard InChI is InChI=1S/C16H16N2O4S/c1-3-7-18-15(21)11(14(20)17-16(18)23)8-10-5-6-13(22-4-2)12(19)9-10/h3,5-6,8-9,19H,1,4,7H2,2H3,(H,17,20,23)/b11-8+. The summed E-state index contributed by atoms with van der Waals surface area (Å²) in [6.45, 7) is 5.98. The number of hydrogen-bond donors (Lipinski definition) is 2. The zero-order valence-electron chi connectivity index (χ0n) is 12.5. The van der Waals surface area contributed by atoms with E-state index in [-0.39, 0.29) is 23.0 Å². The van der Waals surface area contributed by atoms with Crippen molar-refractivity contribution in [2.45, 2.75) is 6.92 Å². The van der Waals surface area contributed by atoms with E-state index in [9.17, 15) is 14.7 Å². The fourth-order valence-electron chi connectivity index (χ4n) is 2.06. The van der Waals surface area contributed by atoms with Crippen molar-refractivity contribution in [1.82, 2.24) is 10.2 Å². The Morgan fingerprint density at radius 2 is 2.17 bits per heavy atom. The maximum absolute atomic E-state index is 12.4. The summed E-state index contributed by atoms with van der Waals surface area (Å²) in [5.41, 5.74) is 0.430. The monoisotopic (exact) mass is 332 g/mol. The Morgan fingerprint density at radius 1 is 1.43 bits per heavy atom. The predicted octanol–water partition coefficient (Wildman–Crippen LogP) is 1.60. The Balaban J connectivity index is 2.35. The number of rotatable bonds is 5. The van der Waals surface area contributed by atoms with Crippen LogP contribution in [0.5, 0.6) is 11.5 Å². The molecule has 1 heterocycles. The lowest BCUT2D eigenvalue weighted by Crippen LogP contribution is -2.53. The molecule has 0 aliphatic carbocycles. The van der Waals surface area contributed by atoms with E-state index in [1.807, 2.05) is 0 Å². The number of benzene rings is 1. The summed E-state index contributed by atoms with van der Waals surface area (Å²) in [7, 11) is 0. The zero-order chi connectivity index (χ0) is 17.0. The van der Waals surface area contributed by atoms with Gasteiger partial charge in [0.2, 0.25) is 0 Å². The van der Waals surface area contributed by atoms with Crippen LogP contribution in [0.3, 0.4) is 0 Å². The first kappa shape index (κ1) is 16.7. The number of amides is 2. The van der Waals surface area contributed by atoms with Gasteiger partial charge in [0.05, 0.1) is 6.61 Å². The molecule has 6 nitrogen and oxygen atoms in total. The smallest absolute Gasteiger partial charge is 0.265 e. The molecular weight excluding hydrogens is 316 g/mol. The number of carbonyl (C=O) groups is 2. The number of thiocarbonyl (C=S) groups is 1. The van der Waals surface area contributed by atoms with Gasteiger partial charge in [0, 0.05) is 6.54 Å². The van der Waals surface area contributed by atoms with Crippen LogP contribution in [0.25, 0.3) is 6.08 Å². The molecule has 1 aromatic rings. The van der Waals surface area contributed by atoms with E-state index in [0.717, 1.165) is 0 Å². The second kappa shape index (κ2) is 7.06. The predicted molar refractivity (Wildman–Crippen MR) is 89.9 cm³/mol. The highest BCUT2D eigenvalue weighted by Crippen LogP contribution is 2.28. The van der Waals surface area contributed by atoms with E-state index in [1.165, 1.54) is 23.1 Å². The second-order valence-corrected chi connectivity index (χ2v) is 5.07. The van der Waals surface area contributed by atoms with Crippen molar-refractivity contribution >= 4 is 35.2 Å². The molecular formula is C16H16N2O4S. The number of nitrogens with zero attached hydrogens (tertiary/aromatic N) is 1. The summed E-state index contributed by atoms with van der Waals surface area (Å²) in [4.78, 5) is 25.6. The van der Waals surface area contributed by atoms with Gasteiger partial charge in [-0.15, -0.1) is 6.58 Å². The third kappa shape index (κ3) is 3.57. The lowest BCUT2D eigenvalue weighted by molar-refractivity contribution is -0.128. The van der Waals surface area contributed by atoms with E-state index >= 15 is 0 Å². The summed E-state index contributed by atoms with van der Waals surface area (Å²) in [5, 5.41) is 12.4. The second-order valence-electron chi connectivity index (χ2n) is 4.68. The van der Waals surface area contributed by atoms with E-state index in [2.05, 4.69) is 11.9 Å². The molecule has 0 unspecified atom stereocenters. The van der Waals surface area contributed by atoms with Gasteiger partial charge in [0.25, 0.3) is 11.8 Å². The first-order chi connectivity index (χ1) is 11.0. The average Bonchev–Trinajstić information content (AvgIpc) is 2.50. The fourth-order valence-corrected chi connectivity index (χ4v) is 2.31. The van der Waals surface area contributed by atoms with Crippen molar-refractivity contribution in [3.8, 4) is 11.5 Å². The first-order valence-corrected chi connectivity index (χ1v) is 7.34. The van der Waals surface area contributed by atoms with Crippen molar-refractivity contribution in [3.63, 3.8) is 0 Å². The number of phenolic OH excluding ortho intramolecular Hbond substituents is 1. The Kier molecular flexibility index (Phi) is 5.13. The molecule has 1 aliphatic rings. The molecule has 120 valence electrons. The van der Waals surface area contributed by atoms with Gasteiger partial charge < -0.3 is 9.84 Å². The minimum absolute atomic E-state index is 0.0478. The molecule has 0 atom stereocenters. The molecule has 2 rings (SSSR count). The van der Waals surface area contributed by atoms with Crippen molar-refractivity contribution in [2.24, 2.45) is 0 Å². The highest BCUT2D eigenvalue weighted by atomic mass is 32.1. The van der Waals surface area contributed by atoms with Gasteiger partial charge in [-0.25, -0.2) is 0 Å². The lowest BCUT2D eigenvalue weighted by atomic mass is 10.1. The maximum atomic E-state index is 12.4. The molecule has 1 aliphatic heterocycles. The highest BCUT2D eigenvalue weighted by Gasteiger charge is 2.32. The van der Waals surface area contributed by atoms with E-state index in [1.54, 1.807) is 19.1 Å². The lowest BCUT2D eigenvalue weighted by Gasteiger charge is -2.27. The van der Waals surface area contributed by atoms with Gasteiger partial charge in [0.15, 0.2) is 16.6 Å². The number of nitrogens with one attached hydrogen (secondary N) is 1. The third-order valence-electron chi connectivity index (χ3n) is 3.09. The van der Waals surface area contributed by atoms with Gasteiger partial charge in [-0.05, 0) is 42.9 Å². The Morgan fingerprint density at radius 3 is 2.78 bits per heavy atom. The molecule has 7 heteroatoms. The fraction of sp³-hybridized carbons (Fsp3) is 0.188. The van der Waals surface area contributed by atoms with Gasteiger partial charge >= 0.3 is 0 Å². The molecule has 0 aromatic heterocycles. The Labute approximate surface area is 139 Å². The highest BCUT2D eigenvalue weighted by molar-refractivity contribution is 7.80. The van der Waals surface area contributed by atoms with Crippen LogP contribution in [0.4, 0.5) is 0 Å². The molecule has 23 heavy (non-hydrogen) atoms. The van der Waals surface area contributed by atoms with E-state index in [0.29, 0.717) is 17.9 Å². The normalized spacial score (nSPS) is 16.5. The summed E-state index contributed by atoms with van der Waals surface area (Å²) in [6, 6.07) is 4.63. The molecule has 1 fully saturated rings. The van der Waals surface area contributed by atoms with E-state index < -0.39 is 11.8 Å². The average molecular weight is 332 g/mol. The van der Waals surface area contributed by atoms with Crippen molar-refractivity contribution in [1.29, 1.82) is 0 Å². The minimum Gasteiger partial charge on any atom is -0.504 e. The number of ether oxygens (including phenoxy) is 1. The van der Waals surface area contributed by atoms with Crippen molar-refractivity contribution in [3.05, 3.63) is 42.0 Å². The molecule has 0 bridgehead atoms. The molecule has 1 aromatic carbocycles. The molecule has 2 N–H and O–H groups in total. The number of aromatic hydroxyl groups is 1. The zero-order valence-corrected chi connectivity index (χ0v) is 13.4. The van der Waals surface area contributed by atoms with Gasteiger partial charge in [-0.3, -0.25) is 19.8 Å². The first-order valence-electron chi connectivity index (χ1n) is 6.93. The van der Waals surface area contributed by atoms with Crippen LogP contribution in [0.2, 0.25) is 0 Å². The largest absolute Gasteiger partial charge is 0.504 e. The topological polar surface area (TPSA) is 78.9 Å². The molecule has 0 spiro atoms. The maximum Gasteiger partial charge on any atom is 0.265 e. The molecule has 1 saturated heterocycles. The third-order valence-corrected chi connectivity index (χ3v) is 3.41. The SMILES string of the molecule is C=CCN1C(=O)/C(=C/c2ccc(OCC)c(O)c2)C(=O)NC1=S. The summed E-state index contributed by atoms with van der Waals surface area (Å²) in [5.74, 6) is -0.812. The number of phenols is 1. The van der Waals surface area contributed by atoms with Crippen LogP contribution < -0.4 is 10.1 Å². The molecule has 0 saturated carbocycles. The van der Waals surface area contributed by atoms with Gasteiger partial charge in [-0.2, -0.15) is 0 Å². The van der Waals surface area contributed by atoms with Crippen molar-refractivity contribution in [2.75, 3.05) is 13.2 Å². The van der Waals surface area contributed by atoms with E-state index in [4.69, 9.17) is 17.0 Å². The summed E-state index contributed by atoms with van der Waals surface area (Å²) >= 11 is 4.97. The number of hydrogen-bond acceptors (Lipinski definition) is 5. The van der Waals surface area contributed by atoms with Crippen LogP contribution >= 0.6 is 12.2 Å². The van der Waals surface area contributed by atoms with Crippen LogP contribution in [-0.4, -0.2) is 40.1 Å². The summed E-state index contributed by atoms with van der Waals surface area (Å²) in [6.07, 6.45) is 2.91. The summed E-state index contributed by atoms with van der Waals surface area (Å²) < 4.78 is 5.23. The van der Waals surface area contributed by atoms with Gasteiger partial charge in [-0.1, -0.05) is 12.1 Å². The quantitative estimate of drug-likeness (QED) is 0.371. The van der Waals surface area contributed by atoms with Crippen LogP contribution in [0, 0.1) is 0 Å².